The molecule has 196 valence electrons. The van der Waals surface area contributed by atoms with Crippen LogP contribution in [0.5, 0.6) is 0 Å². The lowest BCUT2D eigenvalue weighted by Gasteiger charge is -2.32. The first-order chi connectivity index (χ1) is 17.8. The Hall–Kier alpha value is -3.40. The molecule has 0 unspecified atom stereocenters. The van der Waals surface area contributed by atoms with Crippen molar-refractivity contribution in [2.75, 3.05) is 0 Å². The van der Waals surface area contributed by atoms with Gasteiger partial charge in [-0.25, -0.2) is 0 Å². The Balaban J connectivity index is 1.89. The second-order valence-electron chi connectivity index (χ2n) is 10.4. The van der Waals surface area contributed by atoms with Gasteiger partial charge in [0.25, 0.3) is 0 Å². The molecule has 2 atom stereocenters. The largest absolute Gasteiger partial charge is 0.352 e. The Morgan fingerprint density at radius 2 is 1.51 bits per heavy atom. The van der Waals surface area contributed by atoms with Gasteiger partial charge in [0.2, 0.25) is 11.8 Å². The number of carbonyl (C=O) groups excluding carboxylic acids is 2. The van der Waals surface area contributed by atoms with Crippen LogP contribution < -0.4 is 5.32 Å². The molecule has 0 spiro atoms. The van der Waals surface area contributed by atoms with Crippen LogP contribution >= 0.6 is 0 Å². The van der Waals surface area contributed by atoms with Gasteiger partial charge in [-0.2, -0.15) is 0 Å². The number of nitrogens with zero attached hydrogens (tertiary/aromatic N) is 1. The minimum atomic E-state index is -0.590. The summed E-state index contributed by atoms with van der Waals surface area (Å²) in [5.41, 5.74) is 5.64. The summed E-state index contributed by atoms with van der Waals surface area (Å²) < 4.78 is 0. The highest BCUT2D eigenvalue weighted by Gasteiger charge is 2.30. The van der Waals surface area contributed by atoms with Gasteiger partial charge < -0.3 is 10.2 Å². The molecule has 0 aliphatic heterocycles. The topological polar surface area (TPSA) is 49.4 Å². The van der Waals surface area contributed by atoms with Gasteiger partial charge in [0.05, 0.1) is 0 Å². The molecule has 3 rings (SSSR count). The van der Waals surface area contributed by atoms with Crippen molar-refractivity contribution in [3.8, 4) is 0 Å². The normalized spacial score (nSPS) is 12.7. The molecule has 2 amide bonds. The zero-order chi connectivity index (χ0) is 26.8. The molecule has 0 saturated carbocycles. The van der Waals surface area contributed by atoms with Crippen LogP contribution in [0.2, 0.25) is 0 Å². The van der Waals surface area contributed by atoms with E-state index in [0.717, 1.165) is 28.7 Å². The summed E-state index contributed by atoms with van der Waals surface area (Å²) in [5, 5.41) is 3.14. The van der Waals surface area contributed by atoms with Crippen LogP contribution in [0.4, 0.5) is 0 Å². The van der Waals surface area contributed by atoms with E-state index in [9.17, 15) is 9.59 Å². The standard InChI is InChI=1S/C33H42N2O2/c1-6-26(5)34-33(37)31(22-28-12-8-7-9-13-28)35(23-29-14-10-11-25(4)21-29)32(36)20-17-27-15-18-30(19-16-27)24(2)3/h7-16,18-19,21,24,26,31H,6,17,20,22-23H2,1-5H3,(H,34,37)/t26-,31-/m1/s1. The van der Waals surface area contributed by atoms with E-state index in [0.29, 0.717) is 31.7 Å². The average molecular weight is 499 g/mol. The molecule has 3 aromatic carbocycles. The van der Waals surface area contributed by atoms with Crippen LogP contribution in [0.15, 0.2) is 78.9 Å². The highest BCUT2D eigenvalue weighted by atomic mass is 16.2. The van der Waals surface area contributed by atoms with Crippen LogP contribution in [0, 0.1) is 6.92 Å². The first-order valence-electron chi connectivity index (χ1n) is 13.5. The van der Waals surface area contributed by atoms with E-state index in [4.69, 9.17) is 0 Å². The Morgan fingerprint density at radius 1 is 0.838 bits per heavy atom. The van der Waals surface area contributed by atoms with Crippen molar-refractivity contribution < 1.29 is 9.59 Å². The lowest BCUT2D eigenvalue weighted by molar-refractivity contribution is -0.141. The fourth-order valence-electron chi connectivity index (χ4n) is 4.47. The molecule has 0 aromatic heterocycles. The van der Waals surface area contributed by atoms with Crippen molar-refractivity contribution in [3.05, 3.63) is 107 Å². The summed E-state index contributed by atoms with van der Waals surface area (Å²) >= 11 is 0. The van der Waals surface area contributed by atoms with Gasteiger partial charge >= 0.3 is 0 Å². The van der Waals surface area contributed by atoms with Crippen molar-refractivity contribution in [2.24, 2.45) is 0 Å². The smallest absolute Gasteiger partial charge is 0.243 e. The monoisotopic (exact) mass is 498 g/mol. The van der Waals surface area contributed by atoms with E-state index in [1.807, 2.05) is 62.4 Å². The zero-order valence-electron chi connectivity index (χ0n) is 23.0. The number of aryl methyl sites for hydroxylation is 2. The van der Waals surface area contributed by atoms with E-state index < -0.39 is 6.04 Å². The molecule has 3 aromatic rings. The fraction of sp³-hybridized carbons (Fsp3) is 0.394. The van der Waals surface area contributed by atoms with Gasteiger partial charge in [-0.05, 0) is 54.9 Å². The molecule has 0 bridgehead atoms. The van der Waals surface area contributed by atoms with Crippen molar-refractivity contribution >= 4 is 11.8 Å². The molecule has 1 N–H and O–H groups in total. The van der Waals surface area contributed by atoms with Crippen LogP contribution in [-0.2, 0) is 29.0 Å². The van der Waals surface area contributed by atoms with E-state index in [1.165, 1.54) is 5.56 Å². The Kier molecular flexibility index (Phi) is 10.5. The maximum atomic E-state index is 13.8. The zero-order valence-corrected chi connectivity index (χ0v) is 23.0. The Labute approximate surface area is 223 Å². The molecule has 0 fully saturated rings. The second-order valence-corrected chi connectivity index (χ2v) is 10.4. The van der Waals surface area contributed by atoms with Crippen LogP contribution in [0.25, 0.3) is 0 Å². The van der Waals surface area contributed by atoms with Crippen molar-refractivity contribution in [1.82, 2.24) is 10.2 Å². The Morgan fingerprint density at radius 3 is 2.14 bits per heavy atom. The lowest BCUT2D eigenvalue weighted by atomic mass is 9.99. The fourth-order valence-corrected chi connectivity index (χ4v) is 4.47. The van der Waals surface area contributed by atoms with E-state index in [2.05, 4.69) is 56.4 Å². The average Bonchev–Trinajstić information content (AvgIpc) is 2.90. The van der Waals surface area contributed by atoms with Crippen LogP contribution in [-0.4, -0.2) is 28.8 Å². The maximum Gasteiger partial charge on any atom is 0.243 e. The summed E-state index contributed by atoms with van der Waals surface area (Å²) in [4.78, 5) is 29.2. The third kappa shape index (κ3) is 8.59. The number of carbonyl (C=O) groups is 2. The first kappa shape index (κ1) is 28.2. The predicted molar refractivity (Wildman–Crippen MR) is 152 cm³/mol. The van der Waals surface area contributed by atoms with Crippen molar-refractivity contribution in [2.45, 2.75) is 84.8 Å². The lowest BCUT2D eigenvalue weighted by Crippen LogP contribution is -2.52. The summed E-state index contributed by atoms with van der Waals surface area (Å²) in [6.07, 6.45) is 2.31. The minimum absolute atomic E-state index is 0.00493. The van der Waals surface area contributed by atoms with Crippen molar-refractivity contribution in [1.29, 1.82) is 0 Å². The maximum absolute atomic E-state index is 13.8. The third-order valence-electron chi connectivity index (χ3n) is 6.98. The Bertz CT molecular complexity index is 1140. The molecule has 0 radical (unpaired) electrons. The molecule has 0 aliphatic carbocycles. The number of hydrogen-bond acceptors (Lipinski definition) is 2. The SMILES string of the molecule is CC[C@@H](C)NC(=O)[C@@H](Cc1ccccc1)N(Cc1cccc(C)c1)C(=O)CCc1ccc(C(C)C)cc1. The molecule has 0 saturated heterocycles. The van der Waals surface area contributed by atoms with E-state index >= 15 is 0 Å². The summed E-state index contributed by atoms with van der Waals surface area (Å²) in [5.74, 6) is 0.374. The second kappa shape index (κ2) is 13.8. The van der Waals surface area contributed by atoms with Gasteiger partial charge in [0, 0.05) is 25.4 Å². The third-order valence-corrected chi connectivity index (χ3v) is 6.98. The highest BCUT2D eigenvalue weighted by molar-refractivity contribution is 5.88. The number of benzene rings is 3. The quantitative estimate of drug-likeness (QED) is 0.306. The number of hydrogen-bond donors (Lipinski definition) is 1. The van der Waals surface area contributed by atoms with E-state index in [-0.39, 0.29) is 17.9 Å². The van der Waals surface area contributed by atoms with Gasteiger partial charge in [-0.3, -0.25) is 9.59 Å². The number of rotatable bonds is 12. The molecule has 0 heterocycles. The molecule has 4 nitrogen and oxygen atoms in total. The molecule has 37 heavy (non-hydrogen) atoms. The number of amides is 2. The van der Waals surface area contributed by atoms with Gasteiger partial charge in [0.1, 0.15) is 6.04 Å². The predicted octanol–water partition coefficient (Wildman–Crippen LogP) is 6.61. The molecule has 4 heteroatoms. The molecule has 0 aliphatic rings. The summed E-state index contributed by atoms with van der Waals surface area (Å²) in [7, 11) is 0. The number of nitrogens with one attached hydrogen (secondary N) is 1. The summed E-state index contributed by atoms with van der Waals surface area (Å²) in [6.45, 7) is 10.9. The van der Waals surface area contributed by atoms with Crippen molar-refractivity contribution in [3.63, 3.8) is 0 Å². The van der Waals surface area contributed by atoms with Crippen LogP contribution in [0.3, 0.4) is 0 Å². The summed E-state index contributed by atoms with van der Waals surface area (Å²) in [6, 6.07) is 26.1. The van der Waals surface area contributed by atoms with Crippen LogP contribution in [0.1, 0.15) is 74.3 Å². The molecular weight excluding hydrogens is 456 g/mol. The molecular formula is C33H42N2O2. The first-order valence-corrected chi connectivity index (χ1v) is 13.5. The van der Waals surface area contributed by atoms with Gasteiger partial charge in [0.15, 0.2) is 0 Å². The minimum Gasteiger partial charge on any atom is -0.352 e. The van der Waals surface area contributed by atoms with Gasteiger partial charge in [-0.1, -0.05) is 105 Å². The van der Waals surface area contributed by atoms with Gasteiger partial charge in [-0.15, -0.1) is 0 Å². The highest BCUT2D eigenvalue weighted by Crippen LogP contribution is 2.19. The van der Waals surface area contributed by atoms with E-state index in [1.54, 1.807) is 4.90 Å².